The summed E-state index contributed by atoms with van der Waals surface area (Å²) in [6.45, 7) is 4.72. The third kappa shape index (κ3) is 3.67. The minimum atomic E-state index is -1.70. The number of aliphatic hydroxyl groups excluding tert-OH is 4. The summed E-state index contributed by atoms with van der Waals surface area (Å²) in [6.07, 6.45) is 1.15. The summed E-state index contributed by atoms with van der Waals surface area (Å²) in [7, 11) is 0. The van der Waals surface area contributed by atoms with Crippen LogP contribution < -0.4 is 0 Å². The number of ether oxygens (including phenoxy) is 2. The highest BCUT2D eigenvalue weighted by molar-refractivity contribution is 5.73. The fourth-order valence-electron chi connectivity index (χ4n) is 8.74. The molecule has 188 valence electrons. The van der Waals surface area contributed by atoms with Gasteiger partial charge in [0.15, 0.2) is 12.4 Å². The molecule has 0 aromatic rings. The van der Waals surface area contributed by atoms with Gasteiger partial charge in [0.2, 0.25) is 0 Å². The van der Waals surface area contributed by atoms with Crippen molar-refractivity contribution in [1.82, 2.24) is 0 Å². The zero-order valence-corrected chi connectivity index (χ0v) is 19.7. The largest absolute Gasteiger partial charge is 0.479 e. The molecule has 4 saturated carbocycles. The molecule has 0 bridgehead atoms. The normalized spacial score (nSPS) is 56.5. The summed E-state index contributed by atoms with van der Waals surface area (Å²) in [5, 5.41) is 50.2. The van der Waals surface area contributed by atoms with Crippen LogP contribution in [0.5, 0.6) is 0 Å². The van der Waals surface area contributed by atoms with Gasteiger partial charge in [-0.2, -0.15) is 0 Å². The van der Waals surface area contributed by atoms with E-state index in [2.05, 4.69) is 13.8 Å². The maximum absolute atomic E-state index is 11.5. The molecule has 5 aliphatic rings. The topological polar surface area (TPSA) is 137 Å². The van der Waals surface area contributed by atoms with E-state index < -0.39 is 36.7 Å². The van der Waals surface area contributed by atoms with Crippen molar-refractivity contribution in [1.29, 1.82) is 0 Å². The highest BCUT2D eigenvalue weighted by Crippen LogP contribution is 2.66. The van der Waals surface area contributed by atoms with Gasteiger partial charge in [-0.25, -0.2) is 4.79 Å². The molecule has 4 aliphatic carbocycles. The third-order valence-electron chi connectivity index (χ3n) is 10.7. The van der Waals surface area contributed by atoms with Crippen molar-refractivity contribution in [3.63, 3.8) is 0 Å². The predicted octanol–water partition coefficient (Wildman–Crippen LogP) is 1.67. The standard InChI is InChI=1S/C25H40O8/c1-24-9-7-13(26)11-12(24)3-4-14-15-5-6-17(25(15,2)10-8-16(14)24)32-23-20(29)18(27)19(28)21(33-23)22(30)31/h12-21,23,26-29H,3-11H2,1-2H3,(H,30,31)/t12-,13+,14-,15-,16-,17-,18-,19-,20+,21-,23+,24-,25-/m0/s1. The van der Waals surface area contributed by atoms with Gasteiger partial charge in [-0.05, 0) is 92.3 Å². The minimum absolute atomic E-state index is 0.0959. The summed E-state index contributed by atoms with van der Waals surface area (Å²) < 4.78 is 11.6. The average Bonchev–Trinajstić information content (AvgIpc) is 3.10. The van der Waals surface area contributed by atoms with Gasteiger partial charge in [0.05, 0.1) is 12.2 Å². The lowest BCUT2D eigenvalue weighted by atomic mass is 9.45. The molecule has 8 nitrogen and oxygen atoms in total. The number of hydrogen-bond acceptors (Lipinski definition) is 7. The molecule has 0 spiro atoms. The molecule has 0 unspecified atom stereocenters. The van der Waals surface area contributed by atoms with Crippen LogP contribution in [0.25, 0.3) is 0 Å². The summed E-state index contributed by atoms with van der Waals surface area (Å²) in [5.74, 6) is 0.987. The van der Waals surface area contributed by atoms with Crippen LogP contribution in [0.4, 0.5) is 0 Å². The van der Waals surface area contributed by atoms with E-state index in [1.807, 2.05) is 0 Å². The zero-order chi connectivity index (χ0) is 23.7. The minimum Gasteiger partial charge on any atom is -0.479 e. The van der Waals surface area contributed by atoms with Crippen molar-refractivity contribution < 1.29 is 39.8 Å². The number of carbonyl (C=O) groups is 1. The SMILES string of the molecule is C[C@]12CC[C@@H](O)C[C@@H]1CC[C@@H]1[C@@H]2CC[C@]2(C)[C@@H](O[C@@H]3O[C@H](C(=O)O)[C@@H](O)[C@H](O)[C@H]3O)CC[C@@H]12. The highest BCUT2D eigenvalue weighted by Gasteiger charge is 2.61. The Balaban J connectivity index is 1.32. The van der Waals surface area contributed by atoms with Gasteiger partial charge < -0.3 is 35.0 Å². The van der Waals surface area contributed by atoms with Gasteiger partial charge in [0, 0.05) is 0 Å². The van der Waals surface area contributed by atoms with Crippen LogP contribution in [0.2, 0.25) is 0 Å². The van der Waals surface area contributed by atoms with E-state index in [0.29, 0.717) is 29.1 Å². The fraction of sp³-hybridized carbons (Fsp3) is 0.960. The number of rotatable bonds is 3. The predicted molar refractivity (Wildman–Crippen MR) is 117 cm³/mol. The molecule has 0 aromatic heterocycles. The number of fused-ring (bicyclic) bond motifs is 5. The van der Waals surface area contributed by atoms with Gasteiger partial charge >= 0.3 is 5.97 Å². The quantitative estimate of drug-likeness (QED) is 0.422. The summed E-state index contributed by atoms with van der Waals surface area (Å²) in [6, 6.07) is 0. The third-order valence-corrected chi connectivity index (χ3v) is 10.7. The van der Waals surface area contributed by atoms with Crippen LogP contribution in [0.3, 0.4) is 0 Å². The van der Waals surface area contributed by atoms with E-state index in [1.54, 1.807) is 0 Å². The number of carboxylic acids is 1. The molecule has 8 heteroatoms. The summed E-state index contributed by atoms with van der Waals surface area (Å²) in [4.78, 5) is 11.5. The molecular weight excluding hydrogens is 428 g/mol. The van der Waals surface area contributed by atoms with E-state index in [0.717, 1.165) is 44.9 Å². The molecule has 5 N–H and O–H groups in total. The first-order valence-corrected chi connectivity index (χ1v) is 12.8. The van der Waals surface area contributed by atoms with Crippen molar-refractivity contribution in [2.75, 3.05) is 0 Å². The van der Waals surface area contributed by atoms with Gasteiger partial charge in [-0.3, -0.25) is 0 Å². The van der Waals surface area contributed by atoms with Crippen LogP contribution in [0, 0.1) is 34.5 Å². The summed E-state index contributed by atoms with van der Waals surface area (Å²) in [5.41, 5.74) is 0.196. The van der Waals surface area contributed by atoms with Crippen LogP contribution in [-0.2, 0) is 14.3 Å². The first kappa shape index (κ1) is 23.9. The van der Waals surface area contributed by atoms with Gasteiger partial charge in [-0.15, -0.1) is 0 Å². The fourth-order valence-corrected chi connectivity index (χ4v) is 8.74. The molecular formula is C25H40O8. The van der Waals surface area contributed by atoms with Gasteiger partial charge in [0.25, 0.3) is 0 Å². The number of carboxylic acid groups (broad SMARTS) is 1. The monoisotopic (exact) mass is 468 g/mol. The Labute approximate surface area is 195 Å². The zero-order valence-electron chi connectivity index (χ0n) is 19.7. The maximum Gasteiger partial charge on any atom is 0.335 e. The Hall–Kier alpha value is -0.770. The van der Waals surface area contributed by atoms with E-state index in [-0.39, 0.29) is 17.6 Å². The van der Waals surface area contributed by atoms with Crippen LogP contribution in [0.1, 0.15) is 71.6 Å². The number of aliphatic carboxylic acids is 1. The molecule has 5 rings (SSSR count). The maximum atomic E-state index is 11.5. The van der Waals surface area contributed by atoms with E-state index in [4.69, 9.17) is 9.47 Å². The first-order valence-electron chi connectivity index (χ1n) is 12.8. The Kier molecular flexibility index (Phi) is 6.11. The van der Waals surface area contributed by atoms with Gasteiger partial charge in [0.1, 0.15) is 18.3 Å². The molecule has 13 atom stereocenters. The van der Waals surface area contributed by atoms with Gasteiger partial charge in [-0.1, -0.05) is 13.8 Å². The summed E-state index contributed by atoms with van der Waals surface area (Å²) >= 11 is 0. The number of aliphatic hydroxyl groups is 4. The van der Waals surface area contributed by atoms with Crippen LogP contribution in [-0.4, -0.2) is 74.4 Å². The van der Waals surface area contributed by atoms with Crippen molar-refractivity contribution in [3.05, 3.63) is 0 Å². The van der Waals surface area contributed by atoms with Crippen molar-refractivity contribution in [2.45, 2.75) is 115 Å². The second kappa shape index (κ2) is 8.42. The first-order chi connectivity index (χ1) is 15.6. The van der Waals surface area contributed by atoms with Crippen molar-refractivity contribution in [2.24, 2.45) is 34.5 Å². The smallest absolute Gasteiger partial charge is 0.335 e. The lowest BCUT2D eigenvalue weighted by molar-refractivity contribution is -0.313. The molecule has 0 radical (unpaired) electrons. The Bertz CT molecular complexity index is 761. The molecule has 1 aliphatic heterocycles. The van der Waals surface area contributed by atoms with Crippen molar-refractivity contribution in [3.8, 4) is 0 Å². The lowest BCUT2D eigenvalue weighted by Gasteiger charge is -2.61. The highest BCUT2D eigenvalue weighted by atomic mass is 16.7. The van der Waals surface area contributed by atoms with Crippen LogP contribution >= 0.6 is 0 Å². The molecule has 0 amide bonds. The Morgan fingerprint density at radius 3 is 2.27 bits per heavy atom. The number of hydrogen-bond donors (Lipinski definition) is 5. The lowest BCUT2D eigenvalue weighted by Crippen LogP contribution is -2.61. The Morgan fingerprint density at radius 2 is 1.55 bits per heavy atom. The van der Waals surface area contributed by atoms with E-state index >= 15 is 0 Å². The molecule has 5 fully saturated rings. The van der Waals surface area contributed by atoms with Crippen molar-refractivity contribution >= 4 is 5.97 Å². The van der Waals surface area contributed by atoms with E-state index in [1.165, 1.54) is 12.8 Å². The molecule has 0 aromatic carbocycles. The van der Waals surface area contributed by atoms with E-state index in [9.17, 15) is 30.3 Å². The average molecular weight is 469 g/mol. The van der Waals surface area contributed by atoms with Crippen LogP contribution in [0.15, 0.2) is 0 Å². The molecule has 1 saturated heterocycles. The second-order valence-corrected chi connectivity index (χ2v) is 12.1. The molecule has 33 heavy (non-hydrogen) atoms. The Morgan fingerprint density at radius 1 is 0.848 bits per heavy atom. The molecule has 1 heterocycles. The second-order valence-electron chi connectivity index (χ2n) is 12.1.